The molecule has 7 heteroatoms. The third kappa shape index (κ3) is 4.07. The molecule has 0 spiro atoms. The number of nitrogen functional groups attached to an aromatic ring is 1. The highest BCUT2D eigenvalue weighted by Gasteiger charge is 2.15. The normalized spacial score (nSPS) is 10.8. The first-order valence-electron chi connectivity index (χ1n) is 5.91. The molecule has 0 aliphatic carbocycles. The second kappa shape index (κ2) is 6.06. The van der Waals surface area contributed by atoms with Gasteiger partial charge in [0.05, 0.1) is 4.90 Å². The van der Waals surface area contributed by atoms with E-state index in [9.17, 15) is 8.42 Å². The zero-order valence-corrected chi connectivity index (χ0v) is 12.8. The second-order valence-electron chi connectivity index (χ2n) is 4.60. The van der Waals surface area contributed by atoms with Gasteiger partial charge in [-0.3, -0.25) is 4.55 Å². The molecule has 6 nitrogen and oxygen atoms in total. The lowest BCUT2D eigenvalue weighted by atomic mass is 10.1. The van der Waals surface area contributed by atoms with Gasteiger partial charge >= 0.3 is 0 Å². The molecule has 110 valence electrons. The molecule has 0 unspecified atom stereocenters. The minimum absolute atomic E-state index is 0.0260. The Hall–Kier alpha value is -1.86. The van der Waals surface area contributed by atoms with Crippen LogP contribution in [0.3, 0.4) is 0 Å². The molecule has 0 atom stereocenters. The van der Waals surface area contributed by atoms with E-state index < -0.39 is 10.1 Å². The van der Waals surface area contributed by atoms with Gasteiger partial charge in [0.25, 0.3) is 10.1 Å². The largest absolute Gasteiger partial charge is 0.369 e. The van der Waals surface area contributed by atoms with Crippen LogP contribution >= 0.6 is 0 Å². The monoisotopic (exact) mass is 297 g/mol. The lowest BCUT2D eigenvalue weighted by Crippen LogP contribution is -2.04. The van der Waals surface area contributed by atoms with Crippen molar-refractivity contribution in [3.63, 3.8) is 0 Å². The van der Waals surface area contributed by atoms with Crippen LogP contribution in [0, 0.1) is 20.8 Å². The van der Waals surface area contributed by atoms with E-state index in [1.807, 2.05) is 14.0 Å². The number of nitrogens with two attached hydrogens (primary N) is 1. The van der Waals surface area contributed by atoms with Crippen molar-refractivity contribution in [1.82, 2.24) is 9.55 Å². The van der Waals surface area contributed by atoms with Gasteiger partial charge in [-0.05, 0) is 31.9 Å². The standard InChI is InChI=1S/C9H12O3S.C4H7N3/c1-6-4-7(2)9(8(3)5-6)13(10,11)12;1-7-3-2-6-4(7)5/h4-5H,1-3H3,(H,10,11,12);2-3H,1H3,(H2,5,6). The summed E-state index contributed by atoms with van der Waals surface area (Å²) < 4.78 is 32.5. The summed E-state index contributed by atoms with van der Waals surface area (Å²) in [6, 6.07) is 3.46. The van der Waals surface area contributed by atoms with E-state index in [0.717, 1.165) is 5.56 Å². The van der Waals surface area contributed by atoms with E-state index in [1.165, 1.54) is 0 Å². The van der Waals surface area contributed by atoms with Gasteiger partial charge in [0.15, 0.2) is 5.95 Å². The zero-order chi connectivity index (χ0) is 15.5. The first-order chi connectivity index (χ1) is 9.12. The van der Waals surface area contributed by atoms with Crippen molar-refractivity contribution in [2.45, 2.75) is 25.7 Å². The Balaban J connectivity index is 0.000000240. The predicted octanol–water partition coefficient (Wildman–Crippen LogP) is 1.86. The number of imidazole rings is 1. The van der Waals surface area contributed by atoms with E-state index in [0.29, 0.717) is 17.1 Å². The molecule has 0 bridgehead atoms. The predicted molar refractivity (Wildman–Crippen MR) is 78.1 cm³/mol. The molecule has 1 heterocycles. The van der Waals surface area contributed by atoms with Gasteiger partial charge in [-0.15, -0.1) is 0 Å². The SMILES string of the molecule is Cc1cc(C)c(S(=O)(=O)O)c(C)c1.Cn1ccnc1N. The summed E-state index contributed by atoms with van der Waals surface area (Å²) >= 11 is 0. The summed E-state index contributed by atoms with van der Waals surface area (Å²) in [5.41, 5.74) is 7.45. The van der Waals surface area contributed by atoms with Crippen LogP contribution in [0.4, 0.5) is 5.95 Å². The summed E-state index contributed by atoms with van der Waals surface area (Å²) in [6.07, 6.45) is 3.46. The first kappa shape index (κ1) is 16.2. The average molecular weight is 297 g/mol. The molecule has 0 aliphatic rings. The van der Waals surface area contributed by atoms with Crippen molar-refractivity contribution in [2.24, 2.45) is 7.05 Å². The quantitative estimate of drug-likeness (QED) is 0.783. The zero-order valence-electron chi connectivity index (χ0n) is 12.0. The molecule has 1 aromatic heterocycles. The van der Waals surface area contributed by atoms with Gasteiger partial charge in [-0.1, -0.05) is 17.7 Å². The Labute approximate surface area is 119 Å². The topological polar surface area (TPSA) is 98.2 Å². The van der Waals surface area contributed by atoms with Crippen LogP contribution < -0.4 is 5.73 Å². The number of rotatable bonds is 1. The molecule has 2 aromatic rings. The van der Waals surface area contributed by atoms with E-state index in [2.05, 4.69) is 4.98 Å². The maximum atomic E-state index is 10.9. The molecular formula is C13H19N3O3S. The number of aromatic nitrogens is 2. The highest BCUT2D eigenvalue weighted by atomic mass is 32.2. The second-order valence-corrected chi connectivity index (χ2v) is 5.96. The van der Waals surface area contributed by atoms with E-state index in [4.69, 9.17) is 10.3 Å². The molecular weight excluding hydrogens is 278 g/mol. The van der Waals surface area contributed by atoms with Crippen molar-refractivity contribution in [1.29, 1.82) is 0 Å². The average Bonchev–Trinajstić information content (AvgIpc) is 2.60. The van der Waals surface area contributed by atoms with Gasteiger partial charge in [-0.25, -0.2) is 4.98 Å². The summed E-state index contributed by atoms with van der Waals surface area (Å²) in [7, 11) is -2.23. The Kier molecular flexibility index (Phi) is 4.91. The summed E-state index contributed by atoms with van der Waals surface area (Å²) in [5, 5.41) is 0. The van der Waals surface area contributed by atoms with Crippen molar-refractivity contribution in [3.8, 4) is 0 Å². The molecule has 0 saturated carbocycles. The fourth-order valence-corrected chi connectivity index (χ4v) is 2.88. The molecule has 2 rings (SSSR count). The molecule has 0 aliphatic heterocycles. The minimum atomic E-state index is -4.08. The highest BCUT2D eigenvalue weighted by molar-refractivity contribution is 7.86. The van der Waals surface area contributed by atoms with Gasteiger partial charge < -0.3 is 10.3 Å². The van der Waals surface area contributed by atoms with Gasteiger partial charge in [0.1, 0.15) is 0 Å². The fourth-order valence-electron chi connectivity index (χ4n) is 1.95. The van der Waals surface area contributed by atoms with Crippen LogP contribution in [0.1, 0.15) is 16.7 Å². The summed E-state index contributed by atoms with van der Waals surface area (Å²) in [6.45, 7) is 5.22. The lowest BCUT2D eigenvalue weighted by Gasteiger charge is -2.07. The summed E-state index contributed by atoms with van der Waals surface area (Å²) in [4.78, 5) is 3.78. The molecule has 0 radical (unpaired) electrons. The molecule has 0 amide bonds. The van der Waals surface area contributed by atoms with Crippen LogP contribution in [0.2, 0.25) is 0 Å². The molecule has 3 N–H and O–H groups in total. The molecule has 20 heavy (non-hydrogen) atoms. The van der Waals surface area contributed by atoms with Crippen LogP contribution in [0.5, 0.6) is 0 Å². The number of nitrogens with zero attached hydrogens (tertiary/aromatic N) is 2. The Morgan fingerprint density at radius 3 is 1.95 bits per heavy atom. The van der Waals surface area contributed by atoms with Crippen LogP contribution in [0.25, 0.3) is 0 Å². The number of anilines is 1. The summed E-state index contributed by atoms with van der Waals surface area (Å²) in [5.74, 6) is 0.556. The van der Waals surface area contributed by atoms with Crippen molar-refractivity contribution < 1.29 is 13.0 Å². The van der Waals surface area contributed by atoms with Gasteiger partial charge in [0.2, 0.25) is 0 Å². The highest BCUT2D eigenvalue weighted by Crippen LogP contribution is 2.20. The minimum Gasteiger partial charge on any atom is -0.369 e. The molecule has 0 fully saturated rings. The van der Waals surface area contributed by atoms with E-state index in [1.54, 1.807) is 42.9 Å². The van der Waals surface area contributed by atoms with Crippen molar-refractivity contribution in [3.05, 3.63) is 41.2 Å². The Bertz CT molecular complexity index is 666. The smallest absolute Gasteiger partial charge is 0.295 e. The van der Waals surface area contributed by atoms with E-state index >= 15 is 0 Å². The van der Waals surface area contributed by atoms with Crippen molar-refractivity contribution in [2.75, 3.05) is 5.73 Å². The fraction of sp³-hybridized carbons (Fsp3) is 0.308. The Morgan fingerprint density at radius 1 is 1.20 bits per heavy atom. The van der Waals surface area contributed by atoms with Crippen LogP contribution in [-0.4, -0.2) is 22.5 Å². The third-order valence-corrected chi connectivity index (χ3v) is 3.88. The van der Waals surface area contributed by atoms with E-state index in [-0.39, 0.29) is 4.90 Å². The molecule has 1 aromatic carbocycles. The van der Waals surface area contributed by atoms with Gasteiger partial charge in [0, 0.05) is 19.4 Å². The Morgan fingerprint density at radius 2 is 1.70 bits per heavy atom. The number of hydrogen-bond donors (Lipinski definition) is 2. The van der Waals surface area contributed by atoms with Crippen LogP contribution in [0.15, 0.2) is 29.4 Å². The maximum Gasteiger partial charge on any atom is 0.295 e. The maximum absolute atomic E-state index is 10.9. The third-order valence-electron chi connectivity index (χ3n) is 2.72. The lowest BCUT2D eigenvalue weighted by molar-refractivity contribution is 0.482. The first-order valence-corrected chi connectivity index (χ1v) is 7.35. The number of benzene rings is 1. The number of hydrogen-bond acceptors (Lipinski definition) is 4. The van der Waals surface area contributed by atoms with Gasteiger partial charge in [-0.2, -0.15) is 8.42 Å². The number of aryl methyl sites for hydroxylation is 4. The molecule has 0 saturated heterocycles. The van der Waals surface area contributed by atoms with Crippen molar-refractivity contribution >= 4 is 16.1 Å². The van der Waals surface area contributed by atoms with Crippen LogP contribution in [-0.2, 0) is 17.2 Å².